The Hall–Kier alpha value is -3.88. The quantitative estimate of drug-likeness (QED) is 0.274. The number of aryl methyl sites for hydroxylation is 1. The summed E-state index contributed by atoms with van der Waals surface area (Å²) in [6.45, 7) is 3.77. The van der Waals surface area contributed by atoms with Gasteiger partial charge < -0.3 is 19.3 Å². The van der Waals surface area contributed by atoms with Gasteiger partial charge in [0.15, 0.2) is 0 Å². The van der Waals surface area contributed by atoms with Gasteiger partial charge in [-0.15, -0.1) is 0 Å². The fraction of sp³-hybridized carbons (Fsp3) is 0.348. The first-order valence-corrected chi connectivity index (χ1v) is 13.0. The van der Waals surface area contributed by atoms with E-state index in [4.69, 9.17) is 14.0 Å². The molecule has 4 N–H and O–H groups in total. The lowest BCUT2D eigenvalue weighted by molar-refractivity contribution is -0.161. The monoisotopic (exact) mass is 564 g/mol. The number of rotatable bonds is 7. The van der Waals surface area contributed by atoms with Gasteiger partial charge in [0, 0.05) is 36.0 Å². The van der Waals surface area contributed by atoms with Crippen LogP contribution >= 0.6 is 7.82 Å². The van der Waals surface area contributed by atoms with Gasteiger partial charge in [0.05, 0.1) is 5.69 Å². The van der Waals surface area contributed by atoms with Crippen molar-refractivity contribution >= 4 is 37.1 Å². The molecule has 0 saturated carbocycles. The molecule has 0 aliphatic carbocycles. The molecule has 1 aromatic heterocycles. The second-order valence-corrected chi connectivity index (χ2v) is 10.6. The number of carbonyl (C=O) groups is 3. The first-order chi connectivity index (χ1) is 18.1. The Kier molecular flexibility index (Phi) is 7.23. The number of carbonyl (C=O) groups excluding carboxylic acids is 3. The number of anilines is 2. The number of nitrogens with zero attached hydrogens (tertiary/aromatic N) is 2. The Labute approximate surface area is 220 Å². The number of amides is 3. The van der Waals surface area contributed by atoms with Crippen LogP contribution in [-0.2, 0) is 33.9 Å². The topological polar surface area (TPSA) is 207 Å². The minimum Gasteiger partial charge on any atom is -0.446 e. The molecule has 3 amide bonds. The maximum Gasteiger partial charge on any atom is 0.469 e. The van der Waals surface area contributed by atoms with Crippen LogP contribution in [0.4, 0.5) is 16.2 Å². The van der Waals surface area contributed by atoms with E-state index in [2.05, 4.69) is 10.3 Å². The molecule has 15 nitrogen and oxygen atoms in total. The van der Waals surface area contributed by atoms with E-state index in [0.29, 0.717) is 5.69 Å². The van der Waals surface area contributed by atoms with E-state index in [9.17, 15) is 38.3 Å². The molecule has 0 spiro atoms. The number of phosphoric acid groups is 1. The number of aromatic nitrogens is 2. The first-order valence-electron chi connectivity index (χ1n) is 11.5. The molecule has 0 bridgehead atoms. The van der Waals surface area contributed by atoms with Crippen LogP contribution in [0.5, 0.6) is 0 Å². The van der Waals surface area contributed by atoms with Crippen molar-refractivity contribution in [1.82, 2.24) is 9.55 Å². The van der Waals surface area contributed by atoms with Gasteiger partial charge in [0.25, 0.3) is 17.4 Å². The molecular weight excluding hydrogens is 539 g/mol. The van der Waals surface area contributed by atoms with Gasteiger partial charge >= 0.3 is 19.6 Å². The highest BCUT2D eigenvalue weighted by atomic mass is 31.2. The first kappa shape index (κ1) is 28.1. The molecule has 1 fully saturated rings. The lowest BCUT2D eigenvalue weighted by atomic mass is 9.98. The standard InChI is InChI=1S/C23H25N4O11P/c1-13-11-26(20(31)25-19(13)30)23(3)10-16(37-39(33,34)35)22(2,38-23)12-36-21(32)24-14-4-6-15(7-5-14)27-17(28)8-9-18(27)29/h4-9,11,16H,10,12H2,1-3H3,(H,24,32)(H,25,30,31)(H2,33,34,35). The van der Waals surface area contributed by atoms with Crippen LogP contribution in [0, 0.1) is 6.92 Å². The largest absolute Gasteiger partial charge is 0.469 e. The molecule has 1 aromatic carbocycles. The molecule has 208 valence electrons. The highest BCUT2D eigenvalue weighted by Crippen LogP contribution is 2.49. The smallest absolute Gasteiger partial charge is 0.446 e. The van der Waals surface area contributed by atoms with Crippen LogP contribution in [0.25, 0.3) is 0 Å². The number of nitrogens with one attached hydrogen (secondary N) is 2. The highest BCUT2D eigenvalue weighted by molar-refractivity contribution is 7.46. The van der Waals surface area contributed by atoms with Crippen molar-refractivity contribution in [3.05, 3.63) is 69.0 Å². The highest BCUT2D eigenvalue weighted by Gasteiger charge is 2.56. The van der Waals surface area contributed by atoms with Gasteiger partial charge in [-0.25, -0.2) is 19.1 Å². The molecule has 2 aliphatic heterocycles. The van der Waals surface area contributed by atoms with Crippen molar-refractivity contribution in [2.45, 2.75) is 44.6 Å². The van der Waals surface area contributed by atoms with Gasteiger partial charge in [-0.05, 0) is 45.0 Å². The minimum atomic E-state index is -5.03. The van der Waals surface area contributed by atoms with Crippen molar-refractivity contribution in [2.75, 3.05) is 16.8 Å². The van der Waals surface area contributed by atoms with E-state index >= 15 is 0 Å². The number of imide groups is 1. The van der Waals surface area contributed by atoms with Gasteiger partial charge in [0.2, 0.25) is 0 Å². The summed E-state index contributed by atoms with van der Waals surface area (Å²) < 4.78 is 29.0. The molecule has 0 radical (unpaired) electrons. The molecule has 3 heterocycles. The van der Waals surface area contributed by atoms with Crippen LogP contribution in [0.1, 0.15) is 25.8 Å². The molecule has 39 heavy (non-hydrogen) atoms. The second kappa shape index (κ2) is 10.0. The minimum absolute atomic E-state index is 0.192. The van der Waals surface area contributed by atoms with Crippen LogP contribution in [0.2, 0.25) is 0 Å². The van der Waals surface area contributed by atoms with E-state index in [0.717, 1.165) is 21.6 Å². The number of hydrogen-bond acceptors (Lipinski definition) is 9. The van der Waals surface area contributed by atoms with E-state index in [1.54, 1.807) is 0 Å². The fourth-order valence-corrected chi connectivity index (χ4v) is 5.01. The molecule has 4 rings (SSSR count). The SMILES string of the molecule is Cc1cn(C2(C)CC(OP(=O)(O)O)C(C)(COC(=O)Nc3ccc(N4C(=O)C=CC4=O)cc3)O2)c(=O)[nH]c1=O. The lowest BCUT2D eigenvalue weighted by Gasteiger charge is -2.32. The summed E-state index contributed by atoms with van der Waals surface area (Å²) in [7, 11) is -5.03. The summed E-state index contributed by atoms with van der Waals surface area (Å²) in [4.78, 5) is 82.4. The molecule has 1 saturated heterocycles. The molecule has 2 aromatic rings. The van der Waals surface area contributed by atoms with Crippen molar-refractivity contribution in [3.63, 3.8) is 0 Å². The zero-order valence-corrected chi connectivity index (χ0v) is 21.8. The van der Waals surface area contributed by atoms with Crippen molar-refractivity contribution in [3.8, 4) is 0 Å². The van der Waals surface area contributed by atoms with E-state index in [1.165, 1.54) is 51.2 Å². The predicted molar refractivity (Wildman–Crippen MR) is 134 cm³/mol. The summed E-state index contributed by atoms with van der Waals surface area (Å²) in [6, 6.07) is 5.76. The average Bonchev–Trinajstić information content (AvgIpc) is 3.29. The van der Waals surface area contributed by atoms with Crippen LogP contribution < -0.4 is 21.5 Å². The summed E-state index contributed by atoms with van der Waals surface area (Å²) in [5.74, 6) is -0.994. The third kappa shape index (κ3) is 5.92. The number of benzene rings is 1. The molecular formula is C23H25N4O11P. The zero-order valence-electron chi connectivity index (χ0n) is 20.9. The summed E-state index contributed by atoms with van der Waals surface area (Å²) in [6.07, 6.45) is 0.996. The predicted octanol–water partition coefficient (Wildman–Crippen LogP) is 0.853. The molecule has 2 aliphatic rings. The van der Waals surface area contributed by atoms with E-state index < -0.39 is 61.0 Å². The Morgan fingerprint density at radius 3 is 2.36 bits per heavy atom. The Bertz CT molecular complexity index is 1510. The third-order valence-electron chi connectivity index (χ3n) is 6.26. The summed E-state index contributed by atoms with van der Waals surface area (Å²) in [5, 5.41) is 2.45. The number of aromatic amines is 1. The van der Waals surface area contributed by atoms with Crippen LogP contribution in [0.15, 0.2) is 52.2 Å². The molecule has 3 atom stereocenters. The average molecular weight is 564 g/mol. The lowest BCUT2D eigenvalue weighted by Crippen LogP contribution is -2.46. The van der Waals surface area contributed by atoms with Gasteiger partial charge in [-0.1, -0.05) is 0 Å². The zero-order chi connectivity index (χ0) is 28.8. The van der Waals surface area contributed by atoms with Gasteiger partial charge in [-0.2, -0.15) is 0 Å². The van der Waals surface area contributed by atoms with Crippen LogP contribution in [0.3, 0.4) is 0 Å². The Morgan fingerprint density at radius 1 is 1.15 bits per heavy atom. The summed E-state index contributed by atoms with van der Waals surface area (Å²) in [5.41, 5.74) is -3.84. The fourth-order valence-electron chi connectivity index (χ4n) is 4.38. The van der Waals surface area contributed by atoms with E-state index in [-0.39, 0.29) is 17.7 Å². The number of phosphoric ester groups is 1. The molecule has 16 heteroatoms. The Balaban J connectivity index is 1.48. The maximum absolute atomic E-state index is 12.5. The van der Waals surface area contributed by atoms with Crippen LogP contribution in [-0.4, -0.2) is 55.6 Å². The number of hydrogen-bond donors (Lipinski definition) is 4. The Morgan fingerprint density at radius 2 is 1.77 bits per heavy atom. The number of H-pyrrole nitrogens is 1. The normalized spacial score (nSPS) is 24.8. The maximum atomic E-state index is 12.5. The van der Waals surface area contributed by atoms with Gasteiger partial charge in [-0.3, -0.25) is 33.8 Å². The van der Waals surface area contributed by atoms with E-state index in [1.807, 2.05) is 0 Å². The second-order valence-electron chi connectivity index (χ2n) is 9.41. The summed E-state index contributed by atoms with van der Waals surface area (Å²) >= 11 is 0. The molecule has 3 unspecified atom stereocenters. The van der Waals surface area contributed by atoms with Gasteiger partial charge in [0.1, 0.15) is 24.0 Å². The third-order valence-corrected chi connectivity index (χ3v) is 6.79. The number of ether oxygens (including phenoxy) is 2. The van der Waals surface area contributed by atoms with Crippen molar-refractivity contribution in [2.24, 2.45) is 0 Å². The van der Waals surface area contributed by atoms with Crippen molar-refractivity contribution < 1.29 is 42.7 Å². The van der Waals surface area contributed by atoms with Crippen molar-refractivity contribution in [1.29, 1.82) is 0 Å².